The molecule has 0 aliphatic heterocycles. The highest BCUT2D eigenvalue weighted by Gasteiger charge is 2.13. The zero-order chi connectivity index (χ0) is 18.7. The van der Waals surface area contributed by atoms with E-state index in [4.69, 9.17) is 0 Å². The summed E-state index contributed by atoms with van der Waals surface area (Å²) in [6, 6.07) is 16.7. The molecule has 0 spiro atoms. The summed E-state index contributed by atoms with van der Waals surface area (Å²) in [5, 5.41) is 2.92. The predicted molar refractivity (Wildman–Crippen MR) is 101 cm³/mol. The van der Waals surface area contributed by atoms with Crippen molar-refractivity contribution in [1.82, 2.24) is 14.5 Å². The molecule has 26 heavy (non-hydrogen) atoms. The van der Waals surface area contributed by atoms with Crippen LogP contribution in [0.5, 0.6) is 0 Å². The molecule has 3 rings (SSSR count). The molecule has 1 N–H and O–H groups in total. The fourth-order valence-electron chi connectivity index (χ4n) is 3.03. The first-order chi connectivity index (χ1) is 12.5. The van der Waals surface area contributed by atoms with Gasteiger partial charge in [0.15, 0.2) is 0 Å². The summed E-state index contributed by atoms with van der Waals surface area (Å²) in [6.45, 7) is 2.07. The van der Waals surface area contributed by atoms with E-state index in [2.05, 4.69) is 5.32 Å². The zero-order valence-electron chi connectivity index (χ0n) is 14.8. The molecule has 0 radical (unpaired) electrons. The van der Waals surface area contributed by atoms with Crippen LogP contribution < -0.4 is 16.4 Å². The number of carbonyl (C=O) groups excluding carboxylic acids is 1. The van der Waals surface area contributed by atoms with Gasteiger partial charge in [-0.25, -0.2) is 0 Å². The zero-order valence-corrected chi connectivity index (χ0v) is 14.8. The number of para-hydroxylation sites is 2. The summed E-state index contributed by atoms with van der Waals surface area (Å²) >= 11 is 0. The molecule has 6 heteroatoms. The van der Waals surface area contributed by atoms with Gasteiger partial charge in [-0.15, -0.1) is 0 Å². The van der Waals surface area contributed by atoms with E-state index in [1.54, 1.807) is 25.2 Å². The maximum atomic E-state index is 12.4. The van der Waals surface area contributed by atoms with E-state index in [0.29, 0.717) is 11.0 Å². The quantitative estimate of drug-likeness (QED) is 0.714. The van der Waals surface area contributed by atoms with Gasteiger partial charge in [0.25, 0.3) is 0 Å². The van der Waals surface area contributed by atoms with Crippen LogP contribution in [0.25, 0.3) is 11.0 Å². The molecule has 1 amide bonds. The molecule has 134 valence electrons. The lowest BCUT2D eigenvalue weighted by Gasteiger charge is -2.15. The van der Waals surface area contributed by atoms with E-state index in [-0.39, 0.29) is 24.9 Å². The number of nitrogens with one attached hydrogen (secondary N) is 1. The van der Waals surface area contributed by atoms with Crippen LogP contribution in [0.4, 0.5) is 0 Å². The van der Waals surface area contributed by atoms with Crippen molar-refractivity contribution in [3.05, 3.63) is 80.9 Å². The van der Waals surface area contributed by atoms with E-state index in [1.807, 2.05) is 43.3 Å². The van der Waals surface area contributed by atoms with Crippen LogP contribution in [-0.4, -0.2) is 15.0 Å². The van der Waals surface area contributed by atoms with Crippen molar-refractivity contribution in [3.8, 4) is 0 Å². The highest BCUT2D eigenvalue weighted by Crippen LogP contribution is 2.12. The smallest absolute Gasteiger partial charge is 0.316 e. The van der Waals surface area contributed by atoms with Crippen molar-refractivity contribution in [2.75, 3.05) is 0 Å². The first-order valence-corrected chi connectivity index (χ1v) is 8.52. The lowest BCUT2D eigenvalue weighted by molar-refractivity contribution is -0.121. The van der Waals surface area contributed by atoms with Crippen LogP contribution in [0.2, 0.25) is 0 Å². The minimum Gasteiger partial charge on any atom is -0.350 e. The fraction of sp³-hybridized carbons (Fsp3) is 0.250. The maximum absolute atomic E-state index is 12.4. The summed E-state index contributed by atoms with van der Waals surface area (Å²) in [5.74, 6) is -0.169. The third-order valence-electron chi connectivity index (χ3n) is 4.51. The lowest BCUT2D eigenvalue weighted by Crippen LogP contribution is -2.41. The van der Waals surface area contributed by atoms with Crippen LogP contribution in [0.15, 0.2) is 64.2 Å². The summed E-state index contributed by atoms with van der Waals surface area (Å²) in [5.41, 5.74) is 1.10. The molecule has 1 unspecified atom stereocenters. The molecule has 2 aromatic carbocycles. The van der Waals surface area contributed by atoms with E-state index >= 15 is 0 Å². The van der Waals surface area contributed by atoms with Crippen molar-refractivity contribution in [2.24, 2.45) is 7.05 Å². The Kier molecular flexibility index (Phi) is 5.02. The third-order valence-corrected chi connectivity index (χ3v) is 4.51. The largest absolute Gasteiger partial charge is 0.350 e. The molecule has 0 aliphatic carbocycles. The number of rotatable bonds is 5. The second kappa shape index (κ2) is 7.39. The Bertz CT molecular complexity index is 1050. The highest BCUT2D eigenvalue weighted by atomic mass is 16.2. The van der Waals surface area contributed by atoms with Gasteiger partial charge in [-0.2, -0.15) is 0 Å². The molecule has 1 atom stereocenters. The highest BCUT2D eigenvalue weighted by molar-refractivity contribution is 5.77. The Hall–Kier alpha value is -3.15. The van der Waals surface area contributed by atoms with Crippen LogP contribution in [-0.2, 0) is 18.4 Å². The van der Waals surface area contributed by atoms with Gasteiger partial charge in [0.1, 0.15) is 0 Å². The second-order valence-corrected chi connectivity index (χ2v) is 6.26. The maximum Gasteiger partial charge on any atom is 0.316 e. The van der Waals surface area contributed by atoms with Gasteiger partial charge in [-0.1, -0.05) is 42.5 Å². The molecule has 0 saturated carbocycles. The van der Waals surface area contributed by atoms with Crippen LogP contribution >= 0.6 is 0 Å². The number of nitrogens with zero attached hydrogens (tertiary/aromatic N) is 2. The van der Waals surface area contributed by atoms with Gasteiger partial charge in [0, 0.05) is 20.0 Å². The summed E-state index contributed by atoms with van der Waals surface area (Å²) in [4.78, 5) is 36.8. The normalized spacial score (nSPS) is 12.1. The van der Waals surface area contributed by atoms with Crippen molar-refractivity contribution in [3.63, 3.8) is 0 Å². The van der Waals surface area contributed by atoms with Crippen molar-refractivity contribution < 1.29 is 4.79 Å². The lowest BCUT2D eigenvalue weighted by atomic mass is 10.1. The molecule has 3 aromatic rings. The van der Waals surface area contributed by atoms with Gasteiger partial charge < -0.3 is 14.5 Å². The Morgan fingerprint density at radius 2 is 1.58 bits per heavy atom. The predicted octanol–water partition coefficient (Wildman–Crippen LogP) is 1.97. The minimum atomic E-state index is -0.616. The number of carbonyl (C=O) groups is 1. The molecule has 1 heterocycles. The van der Waals surface area contributed by atoms with Crippen LogP contribution in [0.1, 0.15) is 24.9 Å². The molecular formula is C20H21N3O3. The van der Waals surface area contributed by atoms with Crippen LogP contribution in [0, 0.1) is 0 Å². The van der Waals surface area contributed by atoms with Gasteiger partial charge in [0.05, 0.1) is 17.1 Å². The number of hydrogen-bond acceptors (Lipinski definition) is 3. The van der Waals surface area contributed by atoms with Crippen molar-refractivity contribution in [1.29, 1.82) is 0 Å². The number of benzene rings is 2. The Labute approximate surface area is 150 Å². The third kappa shape index (κ3) is 3.44. The van der Waals surface area contributed by atoms with Gasteiger partial charge in [0.2, 0.25) is 5.91 Å². The number of amides is 1. The Balaban J connectivity index is 1.79. The van der Waals surface area contributed by atoms with Crippen LogP contribution in [0.3, 0.4) is 0 Å². The Morgan fingerprint density at radius 3 is 2.27 bits per heavy atom. The molecule has 0 bridgehead atoms. The average molecular weight is 351 g/mol. The first kappa shape index (κ1) is 17.7. The molecule has 1 aromatic heterocycles. The molecule has 0 saturated heterocycles. The second-order valence-electron chi connectivity index (χ2n) is 6.26. The SMILES string of the molecule is CC(NC(=O)CCn1c(=O)c(=O)n(C)c2ccccc21)c1ccccc1. The van der Waals surface area contributed by atoms with Crippen molar-refractivity contribution in [2.45, 2.75) is 25.9 Å². The summed E-state index contributed by atoms with van der Waals surface area (Å²) in [6.07, 6.45) is 0.119. The molecule has 0 aliphatic rings. The topological polar surface area (TPSA) is 73.1 Å². The first-order valence-electron chi connectivity index (χ1n) is 8.52. The number of fused-ring (bicyclic) bond motifs is 1. The summed E-state index contributed by atoms with van der Waals surface area (Å²) < 4.78 is 2.72. The number of hydrogen-bond donors (Lipinski definition) is 1. The molecular weight excluding hydrogens is 330 g/mol. The fourth-order valence-corrected chi connectivity index (χ4v) is 3.03. The molecule has 0 fully saturated rings. The standard InChI is InChI=1S/C20H21N3O3/c1-14(15-8-4-3-5-9-15)21-18(24)12-13-23-17-11-7-6-10-16(17)22(2)19(25)20(23)26/h3-11,14H,12-13H2,1-2H3,(H,21,24). The van der Waals surface area contributed by atoms with Crippen molar-refractivity contribution >= 4 is 16.9 Å². The van der Waals surface area contributed by atoms with E-state index in [0.717, 1.165) is 5.56 Å². The average Bonchev–Trinajstić information content (AvgIpc) is 2.67. The van der Waals surface area contributed by atoms with Gasteiger partial charge in [-0.3, -0.25) is 14.4 Å². The van der Waals surface area contributed by atoms with E-state index in [1.165, 1.54) is 9.13 Å². The Morgan fingerprint density at radius 1 is 0.962 bits per heavy atom. The van der Waals surface area contributed by atoms with Gasteiger partial charge >= 0.3 is 11.1 Å². The van der Waals surface area contributed by atoms with E-state index in [9.17, 15) is 14.4 Å². The number of aromatic nitrogens is 2. The summed E-state index contributed by atoms with van der Waals surface area (Å²) in [7, 11) is 1.57. The number of aryl methyl sites for hydroxylation is 2. The minimum absolute atomic E-state index is 0.119. The van der Waals surface area contributed by atoms with E-state index < -0.39 is 11.1 Å². The monoisotopic (exact) mass is 351 g/mol. The van der Waals surface area contributed by atoms with Gasteiger partial charge in [-0.05, 0) is 24.6 Å². The molecule has 6 nitrogen and oxygen atoms in total.